The van der Waals surface area contributed by atoms with Crippen molar-refractivity contribution in [1.82, 2.24) is 4.83 Å². The Morgan fingerprint density at radius 3 is 2.57 bits per heavy atom. The van der Waals surface area contributed by atoms with E-state index in [4.69, 9.17) is 17.4 Å². The largest absolute Gasteiger partial charge is 0.300 e. The topological polar surface area (TPSA) is 115 Å². The van der Waals surface area contributed by atoms with E-state index in [0.29, 0.717) is 11.3 Å². The summed E-state index contributed by atoms with van der Waals surface area (Å²) in [6.45, 7) is 0. The maximum Gasteiger partial charge on any atom is 0.300 e. The van der Waals surface area contributed by atoms with Crippen LogP contribution in [0.1, 0.15) is 0 Å². The van der Waals surface area contributed by atoms with Gasteiger partial charge in [-0.25, -0.2) is 8.42 Å². The van der Waals surface area contributed by atoms with E-state index in [9.17, 15) is 18.5 Å². The van der Waals surface area contributed by atoms with Crippen LogP contribution in [0.15, 0.2) is 10.3 Å². The Kier molecular flexibility index (Phi) is 3.07. The number of nitro groups is 1. The molecule has 1 aromatic rings. The van der Waals surface area contributed by atoms with Crippen molar-refractivity contribution in [2.75, 3.05) is 0 Å². The van der Waals surface area contributed by atoms with E-state index >= 15 is 0 Å². The number of rotatable bonds is 3. The van der Waals surface area contributed by atoms with Gasteiger partial charge in [0.25, 0.3) is 15.7 Å². The van der Waals surface area contributed by atoms with Gasteiger partial charge in [0, 0.05) is 6.07 Å². The van der Waals surface area contributed by atoms with E-state index in [-0.39, 0.29) is 8.55 Å². The summed E-state index contributed by atoms with van der Waals surface area (Å²) in [5, 5.41) is 10.3. The zero-order chi connectivity index (χ0) is 10.9. The van der Waals surface area contributed by atoms with Crippen molar-refractivity contribution in [3.8, 4) is 0 Å². The summed E-state index contributed by atoms with van der Waals surface area (Å²) in [6, 6.07) is 0.849. The van der Waals surface area contributed by atoms with Crippen LogP contribution in [-0.2, 0) is 10.0 Å². The summed E-state index contributed by atoms with van der Waals surface area (Å²) in [4.78, 5) is 11.1. The number of nitrogens with zero attached hydrogens (tertiary/aromatic N) is 1. The van der Waals surface area contributed by atoms with Crippen LogP contribution in [0.4, 0.5) is 5.69 Å². The standard InChI is InChI=1S/C4H4ClN3O4S2/c5-4-2(8(9)10)1-3(13-4)14(11,12)7-6/h1,7H,6H2. The zero-order valence-corrected chi connectivity index (χ0v) is 8.82. The van der Waals surface area contributed by atoms with Gasteiger partial charge in [0.1, 0.15) is 4.21 Å². The smallest absolute Gasteiger partial charge is 0.258 e. The van der Waals surface area contributed by atoms with Crippen LogP contribution in [-0.4, -0.2) is 13.3 Å². The Bertz CT molecular complexity index is 467. The number of hydrogen-bond acceptors (Lipinski definition) is 6. The molecule has 0 amide bonds. The summed E-state index contributed by atoms with van der Waals surface area (Å²) in [5.74, 6) is 4.73. The van der Waals surface area contributed by atoms with Gasteiger partial charge in [-0.05, 0) is 0 Å². The predicted octanol–water partition coefficient (Wildman–Crippen LogP) is 0.462. The molecule has 0 aromatic carbocycles. The second-order valence-corrected chi connectivity index (χ2v) is 5.70. The van der Waals surface area contributed by atoms with Gasteiger partial charge in [-0.1, -0.05) is 11.6 Å². The first-order valence-corrected chi connectivity index (χ1v) is 5.72. The highest BCUT2D eigenvalue weighted by atomic mass is 35.5. The van der Waals surface area contributed by atoms with Gasteiger partial charge in [-0.2, -0.15) is 0 Å². The van der Waals surface area contributed by atoms with Crippen LogP contribution in [0.5, 0.6) is 0 Å². The molecule has 0 saturated heterocycles. The Morgan fingerprint density at radius 2 is 2.21 bits per heavy atom. The van der Waals surface area contributed by atoms with Crippen molar-refractivity contribution >= 4 is 38.6 Å². The van der Waals surface area contributed by atoms with Gasteiger partial charge in [0.05, 0.1) is 4.92 Å². The first-order valence-electron chi connectivity index (χ1n) is 3.04. The maximum atomic E-state index is 11.1. The number of nitrogens with two attached hydrogens (primary N) is 1. The lowest BCUT2D eigenvalue weighted by Crippen LogP contribution is -2.29. The molecular formula is C4H4ClN3O4S2. The summed E-state index contributed by atoms with van der Waals surface area (Å²) in [5.41, 5.74) is -0.453. The third-order valence-electron chi connectivity index (χ3n) is 1.26. The zero-order valence-electron chi connectivity index (χ0n) is 6.43. The van der Waals surface area contributed by atoms with Crippen LogP contribution in [0.2, 0.25) is 4.34 Å². The van der Waals surface area contributed by atoms with Crippen molar-refractivity contribution in [3.05, 3.63) is 20.5 Å². The van der Waals surface area contributed by atoms with Crippen molar-refractivity contribution in [2.45, 2.75) is 4.21 Å². The SMILES string of the molecule is NNS(=O)(=O)c1cc([N+](=O)[O-])c(Cl)s1. The number of hydrazine groups is 1. The normalized spacial score (nSPS) is 11.6. The first-order chi connectivity index (χ1) is 6.38. The molecule has 0 aliphatic carbocycles. The molecule has 0 aliphatic heterocycles. The molecule has 0 saturated carbocycles. The fourth-order valence-electron chi connectivity index (χ4n) is 0.653. The van der Waals surface area contributed by atoms with Gasteiger partial charge in [0.15, 0.2) is 4.34 Å². The average Bonchev–Trinajstić information content (AvgIpc) is 2.48. The van der Waals surface area contributed by atoms with Gasteiger partial charge in [-0.15, -0.1) is 16.2 Å². The molecule has 0 bridgehead atoms. The molecule has 3 N–H and O–H groups in total. The van der Waals surface area contributed by atoms with E-state index in [1.165, 1.54) is 4.83 Å². The second-order valence-electron chi connectivity index (χ2n) is 2.10. The lowest BCUT2D eigenvalue weighted by Gasteiger charge is -1.94. The van der Waals surface area contributed by atoms with Crippen molar-refractivity contribution in [3.63, 3.8) is 0 Å². The summed E-state index contributed by atoms with van der Waals surface area (Å²) >= 11 is 6.01. The molecule has 0 unspecified atom stereocenters. The van der Waals surface area contributed by atoms with E-state index < -0.39 is 20.6 Å². The molecular weight excluding hydrogens is 254 g/mol. The Morgan fingerprint density at radius 1 is 1.64 bits per heavy atom. The molecule has 0 fully saturated rings. The Balaban J connectivity index is 3.29. The fourth-order valence-corrected chi connectivity index (χ4v) is 2.96. The molecule has 1 rings (SSSR count). The second kappa shape index (κ2) is 3.79. The first kappa shape index (κ1) is 11.3. The maximum absolute atomic E-state index is 11.1. The molecule has 1 aromatic heterocycles. The molecule has 0 atom stereocenters. The number of sulfonamides is 1. The van der Waals surface area contributed by atoms with Crippen molar-refractivity contribution in [2.24, 2.45) is 5.84 Å². The van der Waals surface area contributed by atoms with Gasteiger partial charge in [-0.3, -0.25) is 16.0 Å². The number of hydrogen-bond donors (Lipinski definition) is 2. The van der Waals surface area contributed by atoms with Crippen LogP contribution in [0, 0.1) is 10.1 Å². The lowest BCUT2D eigenvalue weighted by molar-refractivity contribution is -0.384. The van der Waals surface area contributed by atoms with Crippen LogP contribution >= 0.6 is 22.9 Å². The van der Waals surface area contributed by atoms with E-state index in [2.05, 4.69) is 0 Å². The number of thiophene rings is 1. The lowest BCUT2D eigenvalue weighted by atomic mass is 10.6. The minimum absolute atomic E-state index is 0.205. The van der Waals surface area contributed by atoms with Crippen LogP contribution in [0.25, 0.3) is 0 Å². The minimum Gasteiger partial charge on any atom is -0.258 e. The third-order valence-corrected chi connectivity index (χ3v) is 4.26. The summed E-state index contributed by atoms with van der Waals surface area (Å²) in [7, 11) is -3.88. The molecule has 0 aliphatic rings. The van der Waals surface area contributed by atoms with Gasteiger partial charge in [0.2, 0.25) is 0 Å². The van der Waals surface area contributed by atoms with Crippen LogP contribution < -0.4 is 10.7 Å². The molecule has 1 heterocycles. The summed E-state index contributed by atoms with van der Waals surface area (Å²) < 4.78 is 21.7. The Hall–Kier alpha value is -0.740. The average molecular weight is 258 g/mol. The van der Waals surface area contributed by atoms with E-state index in [1.54, 1.807) is 0 Å². The monoisotopic (exact) mass is 257 g/mol. The van der Waals surface area contributed by atoms with Crippen molar-refractivity contribution < 1.29 is 13.3 Å². The predicted molar refractivity (Wildman–Crippen MR) is 50.5 cm³/mol. The van der Waals surface area contributed by atoms with E-state index in [0.717, 1.165) is 6.07 Å². The third kappa shape index (κ3) is 2.01. The highest BCUT2D eigenvalue weighted by molar-refractivity contribution is 7.91. The highest BCUT2D eigenvalue weighted by Gasteiger charge is 2.24. The molecule has 10 heteroatoms. The quantitative estimate of drug-likeness (QED) is 0.464. The summed E-state index contributed by atoms with van der Waals surface area (Å²) in [6.07, 6.45) is 0. The molecule has 14 heavy (non-hydrogen) atoms. The fraction of sp³-hybridized carbons (Fsp3) is 0. The number of halogens is 1. The van der Waals surface area contributed by atoms with Gasteiger partial charge < -0.3 is 0 Å². The van der Waals surface area contributed by atoms with Gasteiger partial charge >= 0.3 is 0 Å². The molecule has 0 spiro atoms. The minimum atomic E-state index is -3.88. The number of nitrogens with one attached hydrogen (secondary N) is 1. The molecule has 78 valence electrons. The Labute approximate surface area is 87.6 Å². The van der Waals surface area contributed by atoms with E-state index in [1.807, 2.05) is 0 Å². The van der Waals surface area contributed by atoms with Crippen molar-refractivity contribution in [1.29, 1.82) is 0 Å². The highest BCUT2D eigenvalue weighted by Crippen LogP contribution is 2.35. The molecule has 0 radical (unpaired) electrons. The molecule has 7 nitrogen and oxygen atoms in total. The van der Waals surface area contributed by atoms with Crippen LogP contribution in [0.3, 0.4) is 0 Å².